The monoisotopic (exact) mass is 510 g/mol. The lowest BCUT2D eigenvalue weighted by Gasteiger charge is -2.32. The van der Waals surface area contributed by atoms with E-state index >= 15 is 0 Å². The summed E-state index contributed by atoms with van der Waals surface area (Å²) in [5, 5.41) is 11.7. The summed E-state index contributed by atoms with van der Waals surface area (Å²) < 4.78 is 105. The smallest absolute Gasteiger partial charge is 0.369 e. The molecule has 0 saturated heterocycles. The highest BCUT2D eigenvalue weighted by atomic mass is 32.2. The maximum atomic E-state index is 12.9. The second kappa shape index (κ2) is 9.19. The highest BCUT2D eigenvalue weighted by Crippen LogP contribution is 2.50. The van der Waals surface area contributed by atoms with Gasteiger partial charge in [-0.15, -0.1) is 0 Å². The maximum absolute atomic E-state index is 12.9. The van der Waals surface area contributed by atoms with Crippen molar-refractivity contribution in [2.24, 2.45) is 0 Å². The number of carbonyl (C=O) groups excluding carboxylic acids is 1. The maximum Gasteiger partial charge on any atom is 0.430 e. The summed E-state index contributed by atoms with van der Waals surface area (Å²) in [6, 6.07) is 7.85. The molecule has 2 aromatic carbocycles. The second-order valence-electron chi connectivity index (χ2n) is 7.90. The molecule has 0 aromatic heterocycles. The Labute approximate surface area is 191 Å². The Morgan fingerprint density at radius 1 is 0.912 bits per heavy atom. The van der Waals surface area contributed by atoms with E-state index in [9.17, 15) is 44.7 Å². The van der Waals surface area contributed by atoms with E-state index in [1.807, 2.05) is 0 Å². The Bertz CT molecular complexity index is 1110. The van der Waals surface area contributed by atoms with Crippen molar-refractivity contribution in [3.8, 4) is 0 Å². The van der Waals surface area contributed by atoms with Crippen molar-refractivity contribution in [2.45, 2.75) is 54.6 Å². The zero-order chi connectivity index (χ0) is 25.4. The van der Waals surface area contributed by atoms with E-state index in [4.69, 9.17) is 0 Å². The molecule has 13 heteroatoms. The standard InChI is InChI=1S/C21H20F6N2O4S/c22-20(23,24)19(31,21(25,26)27)14-6-8-15(9-7-14)28-18(30)12-13-4-10-17(11-5-13)34(32,33)29-16-2-1-3-16/h4-11,16,29,31H,1-3,12H2,(H,28,30). The topological polar surface area (TPSA) is 95.5 Å². The third-order valence-electron chi connectivity index (χ3n) is 5.43. The summed E-state index contributed by atoms with van der Waals surface area (Å²) in [6.45, 7) is 0. The zero-order valence-corrected chi connectivity index (χ0v) is 18.2. The highest BCUT2D eigenvalue weighted by molar-refractivity contribution is 7.89. The van der Waals surface area contributed by atoms with E-state index in [0.29, 0.717) is 17.7 Å². The first kappa shape index (κ1) is 26.0. The first-order valence-corrected chi connectivity index (χ1v) is 11.5. The van der Waals surface area contributed by atoms with Gasteiger partial charge in [-0.2, -0.15) is 26.3 Å². The van der Waals surface area contributed by atoms with Crippen LogP contribution in [0.5, 0.6) is 0 Å². The SMILES string of the molecule is O=C(Cc1ccc(S(=O)(=O)NC2CCC2)cc1)Nc1ccc(C(O)(C(F)(F)F)C(F)(F)F)cc1. The number of anilines is 1. The lowest BCUT2D eigenvalue weighted by molar-refractivity contribution is -0.376. The van der Waals surface area contributed by atoms with Gasteiger partial charge in [0.25, 0.3) is 5.60 Å². The van der Waals surface area contributed by atoms with Crippen molar-refractivity contribution in [2.75, 3.05) is 5.32 Å². The number of amides is 1. The molecule has 1 fully saturated rings. The molecule has 0 heterocycles. The summed E-state index contributed by atoms with van der Waals surface area (Å²) in [7, 11) is -3.68. The van der Waals surface area contributed by atoms with Crippen LogP contribution in [0.2, 0.25) is 0 Å². The molecule has 1 amide bonds. The molecule has 1 saturated carbocycles. The van der Waals surface area contributed by atoms with Crippen LogP contribution in [0, 0.1) is 0 Å². The van der Waals surface area contributed by atoms with Crippen LogP contribution >= 0.6 is 0 Å². The molecule has 0 aliphatic heterocycles. The summed E-state index contributed by atoms with van der Waals surface area (Å²) in [5.74, 6) is -0.641. The number of halogens is 6. The Hall–Kier alpha value is -2.64. The lowest BCUT2D eigenvalue weighted by atomic mass is 9.92. The third kappa shape index (κ3) is 5.36. The van der Waals surface area contributed by atoms with Crippen molar-refractivity contribution in [3.63, 3.8) is 0 Å². The quantitative estimate of drug-likeness (QED) is 0.491. The molecule has 1 aliphatic rings. The molecule has 3 N–H and O–H groups in total. The molecule has 0 bridgehead atoms. The van der Waals surface area contributed by atoms with Gasteiger partial charge < -0.3 is 10.4 Å². The highest BCUT2D eigenvalue weighted by Gasteiger charge is 2.71. The fourth-order valence-electron chi connectivity index (χ4n) is 3.27. The largest absolute Gasteiger partial charge is 0.430 e. The van der Waals surface area contributed by atoms with Gasteiger partial charge in [0, 0.05) is 17.3 Å². The Balaban J connectivity index is 1.65. The van der Waals surface area contributed by atoms with Crippen molar-refractivity contribution < 1.29 is 44.7 Å². The molecule has 186 valence electrons. The van der Waals surface area contributed by atoms with Crippen molar-refractivity contribution in [1.29, 1.82) is 0 Å². The molecule has 6 nitrogen and oxygen atoms in total. The summed E-state index contributed by atoms with van der Waals surface area (Å²) >= 11 is 0. The van der Waals surface area contributed by atoms with E-state index in [1.165, 1.54) is 24.3 Å². The van der Waals surface area contributed by atoms with Gasteiger partial charge in [-0.1, -0.05) is 30.7 Å². The predicted octanol–water partition coefficient (Wildman–Crippen LogP) is 4.01. The summed E-state index contributed by atoms with van der Waals surface area (Å²) in [6.07, 6.45) is -9.76. The normalized spacial score (nSPS) is 15.6. The van der Waals surface area contributed by atoms with Gasteiger partial charge in [0.1, 0.15) is 0 Å². The van der Waals surface area contributed by atoms with E-state index < -0.39 is 39.4 Å². The van der Waals surface area contributed by atoms with Crippen LogP contribution in [0.15, 0.2) is 53.4 Å². The predicted molar refractivity (Wildman–Crippen MR) is 109 cm³/mol. The number of nitrogens with one attached hydrogen (secondary N) is 2. The first-order valence-electron chi connectivity index (χ1n) is 10.0. The Morgan fingerprint density at radius 3 is 1.88 bits per heavy atom. The number of rotatable bonds is 7. The average Bonchev–Trinajstić information content (AvgIpc) is 2.69. The molecule has 2 aromatic rings. The van der Waals surface area contributed by atoms with Crippen molar-refractivity contribution in [1.82, 2.24) is 4.72 Å². The van der Waals surface area contributed by atoms with Gasteiger partial charge in [-0.25, -0.2) is 13.1 Å². The van der Waals surface area contributed by atoms with Crippen LogP contribution in [0.3, 0.4) is 0 Å². The third-order valence-corrected chi connectivity index (χ3v) is 6.97. The van der Waals surface area contributed by atoms with Gasteiger partial charge in [0.2, 0.25) is 15.9 Å². The van der Waals surface area contributed by atoms with Gasteiger partial charge in [-0.05, 0) is 42.7 Å². The molecule has 0 radical (unpaired) electrons. The van der Waals surface area contributed by atoms with Crippen LogP contribution in [-0.2, 0) is 26.8 Å². The van der Waals surface area contributed by atoms with Crippen LogP contribution < -0.4 is 10.0 Å². The molecule has 0 atom stereocenters. The van der Waals surface area contributed by atoms with E-state index in [1.54, 1.807) is 0 Å². The minimum absolute atomic E-state index is 0.0287. The number of alkyl halides is 6. The van der Waals surface area contributed by atoms with Crippen molar-refractivity contribution >= 4 is 21.6 Å². The Morgan fingerprint density at radius 2 is 1.44 bits per heavy atom. The Kier molecular flexibility index (Phi) is 7.02. The van der Waals surface area contributed by atoms with Crippen LogP contribution in [0.25, 0.3) is 0 Å². The van der Waals surface area contributed by atoms with Crippen LogP contribution in [0.1, 0.15) is 30.4 Å². The zero-order valence-electron chi connectivity index (χ0n) is 17.4. The van der Waals surface area contributed by atoms with Gasteiger partial charge >= 0.3 is 12.4 Å². The van der Waals surface area contributed by atoms with Crippen LogP contribution in [-0.4, -0.2) is 37.8 Å². The molecule has 0 spiro atoms. The van der Waals surface area contributed by atoms with Gasteiger partial charge in [0.15, 0.2) is 0 Å². The average molecular weight is 510 g/mol. The fraction of sp³-hybridized carbons (Fsp3) is 0.381. The molecular formula is C21H20F6N2O4S. The van der Waals surface area contributed by atoms with E-state index in [-0.39, 0.29) is 23.0 Å². The molecule has 34 heavy (non-hydrogen) atoms. The number of sulfonamides is 1. The van der Waals surface area contributed by atoms with E-state index in [0.717, 1.165) is 31.4 Å². The number of aliphatic hydroxyl groups is 1. The minimum Gasteiger partial charge on any atom is -0.369 e. The fourth-order valence-corrected chi connectivity index (χ4v) is 4.58. The first-order chi connectivity index (χ1) is 15.6. The summed E-state index contributed by atoms with van der Waals surface area (Å²) in [4.78, 5) is 12.2. The van der Waals surface area contributed by atoms with Gasteiger partial charge in [0.05, 0.1) is 11.3 Å². The number of benzene rings is 2. The summed E-state index contributed by atoms with van der Waals surface area (Å²) in [5.41, 5.74) is -6.17. The number of hydrogen-bond donors (Lipinski definition) is 3. The lowest BCUT2D eigenvalue weighted by Crippen LogP contribution is -2.53. The molecule has 1 aliphatic carbocycles. The number of carbonyl (C=O) groups is 1. The van der Waals surface area contributed by atoms with E-state index in [2.05, 4.69) is 10.0 Å². The second-order valence-corrected chi connectivity index (χ2v) is 9.62. The van der Waals surface area contributed by atoms with Crippen molar-refractivity contribution in [3.05, 3.63) is 59.7 Å². The number of hydrogen-bond acceptors (Lipinski definition) is 4. The minimum atomic E-state index is -6.01. The molecule has 0 unspecified atom stereocenters. The molecule has 3 rings (SSSR count). The van der Waals surface area contributed by atoms with Crippen LogP contribution in [0.4, 0.5) is 32.0 Å². The molecular weight excluding hydrogens is 490 g/mol. The van der Waals surface area contributed by atoms with Gasteiger partial charge in [-0.3, -0.25) is 4.79 Å².